The molecule has 0 saturated carbocycles. The van der Waals surface area contributed by atoms with Gasteiger partial charge in [0.05, 0.1) is 38.5 Å². The van der Waals surface area contributed by atoms with Crippen LogP contribution in [-0.4, -0.2) is 250 Å². The topological polar surface area (TPSA) is 592 Å². The number of nitrogens with one attached hydrogen (secondary N) is 11. The Morgan fingerprint density at radius 1 is 0.567 bits per heavy atom. The Morgan fingerprint density at radius 3 is 1.56 bits per heavy atom. The summed E-state index contributed by atoms with van der Waals surface area (Å²) in [6.07, 6.45) is -0.194. The van der Waals surface area contributed by atoms with Crippen molar-refractivity contribution < 1.29 is 92.7 Å². The van der Waals surface area contributed by atoms with E-state index in [1.54, 1.807) is 27.7 Å². The first-order valence-corrected chi connectivity index (χ1v) is 30.5. The van der Waals surface area contributed by atoms with Gasteiger partial charge in [0.25, 0.3) is 0 Å². The molecule has 0 radical (unpaired) electrons. The molecule has 0 unspecified atom stereocenters. The number of hydrogen-bond donors (Lipinski definition) is 20. The standard InChI is InChI=1S/C53H93N17O19S/c1-25(2)18-32(47(84)68-35(23-72)45(82)60-21-40(77)78)65-46(83)30(10-8-15-58-53(56)57)63-49(86)36(24-73)62-39(76)20-59-44(81)34(22-71)67-48(85)33(19-26(3)4)66-50(87)37-11-9-16-70(37)52(89)31(12-13-38(55)75)64-51(88)41(28(6)74)69-42(79)27(5)61-43(80)29(54)14-17-90-7/h25-37,41,71-74H,8-24,54H2,1-7H3,(H2,55,75)(H,59,81)(H,60,82)(H,61,80)(H,62,76)(H,63,86)(H,64,88)(H,65,83)(H,66,87)(H,67,85)(H,68,84)(H,69,79)(H,77,78)(H4,56,57,58)/t27-,28+,29-,30-,31-,32-,33-,34-,35-,36-,37-,41-/m0/s1. The summed E-state index contributed by atoms with van der Waals surface area (Å²) in [4.78, 5) is 189. The number of guanidine groups is 1. The highest BCUT2D eigenvalue weighted by molar-refractivity contribution is 7.98. The summed E-state index contributed by atoms with van der Waals surface area (Å²) in [6, 6.07) is -16.2. The average Bonchev–Trinajstić information content (AvgIpc) is 2.14. The lowest BCUT2D eigenvalue weighted by atomic mass is 10.0. The van der Waals surface area contributed by atoms with E-state index in [0.717, 1.165) is 4.90 Å². The summed E-state index contributed by atoms with van der Waals surface area (Å²) in [5.74, 6) is -14.2. The summed E-state index contributed by atoms with van der Waals surface area (Å²) >= 11 is 1.46. The summed E-state index contributed by atoms with van der Waals surface area (Å²) < 4.78 is 0. The zero-order chi connectivity index (χ0) is 68.5. The zero-order valence-electron chi connectivity index (χ0n) is 51.7. The molecule has 0 aromatic carbocycles. The summed E-state index contributed by atoms with van der Waals surface area (Å²) in [7, 11) is 0. The van der Waals surface area contributed by atoms with E-state index in [1.807, 2.05) is 11.6 Å². The molecule has 510 valence electrons. The minimum atomic E-state index is -1.79. The highest BCUT2D eigenvalue weighted by Gasteiger charge is 2.41. The van der Waals surface area contributed by atoms with E-state index in [0.29, 0.717) is 12.2 Å². The number of carbonyl (C=O) groups excluding carboxylic acids is 13. The lowest BCUT2D eigenvalue weighted by Gasteiger charge is -2.31. The van der Waals surface area contributed by atoms with Crippen LogP contribution in [0.1, 0.15) is 99.3 Å². The third kappa shape index (κ3) is 29.5. The summed E-state index contributed by atoms with van der Waals surface area (Å²) in [6.45, 7) is 4.38. The Balaban J connectivity index is 3.22. The number of likely N-dealkylation sites (tertiary alicyclic amines) is 1. The van der Waals surface area contributed by atoms with Gasteiger partial charge in [-0.05, 0) is 89.1 Å². The first-order chi connectivity index (χ1) is 42.2. The summed E-state index contributed by atoms with van der Waals surface area (Å²) in [5, 5.41) is 75.2. The second-order valence-electron chi connectivity index (χ2n) is 22.1. The van der Waals surface area contributed by atoms with Crippen LogP contribution in [0.5, 0.6) is 0 Å². The molecule has 0 spiro atoms. The number of aliphatic hydroxyl groups excluding tert-OH is 4. The van der Waals surface area contributed by atoms with Crippen LogP contribution in [0.2, 0.25) is 0 Å². The molecule has 13 amide bonds. The van der Waals surface area contributed by atoms with Crippen LogP contribution in [-0.2, 0) is 67.1 Å². The van der Waals surface area contributed by atoms with Crippen molar-refractivity contribution in [1.29, 1.82) is 0 Å². The molecule has 1 aliphatic rings. The molecule has 1 saturated heterocycles. The number of hydrogen-bond acceptors (Lipinski definition) is 21. The van der Waals surface area contributed by atoms with Gasteiger partial charge in [-0.2, -0.15) is 11.8 Å². The fourth-order valence-corrected chi connectivity index (χ4v) is 9.18. The van der Waals surface area contributed by atoms with E-state index in [2.05, 4.69) is 58.2 Å². The van der Waals surface area contributed by atoms with E-state index >= 15 is 0 Å². The zero-order valence-corrected chi connectivity index (χ0v) is 52.5. The molecule has 1 rings (SSSR count). The maximum absolute atomic E-state index is 14.2. The Labute approximate surface area is 524 Å². The van der Waals surface area contributed by atoms with Crippen LogP contribution in [0.4, 0.5) is 0 Å². The van der Waals surface area contributed by atoms with Gasteiger partial charge in [-0.1, -0.05) is 27.7 Å². The predicted octanol–water partition coefficient (Wildman–Crippen LogP) is -9.47. The van der Waals surface area contributed by atoms with Crippen molar-refractivity contribution >= 4 is 100 Å². The van der Waals surface area contributed by atoms with Crippen LogP contribution in [0, 0.1) is 11.8 Å². The molecule has 1 aliphatic heterocycles. The second-order valence-corrected chi connectivity index (χ2v) is 23.1. The molecular weight excluding hydrogens is 1210 g/mol. The van der Waals surface area contributed by atoms with Crippen molar-refractivity contribution in [2.24, 2.45) is 39.8 Å². The van der Waals surface area contributed by atoms with Gasteiger partial charge in [-0.3, -0.25) is 72.1 Å². The predicted molar refractivity (Wildman–Crippen MR) is 323 cm³/mol. The van der Waals surface area contributed by atoms with Crippen molar-refractivity contribution in [1.82, 2.24) is 63.4 Å². The van der Waals surface area contributed by atoms with Crippen molar-refractivity contribution in [3.8, 4) is 0 Å². The van der Waals surface area contributed by atoms with Gasteiger partial charge in [-0.15, -0.1) is 0 Å². The number of aliphatic carboxylic acids is 1. The lowest BCUT2D eigenvalue weighted by molar-refractivity contribution is -0.143. The number of rotatable bonds is 42. The monoisotopic (exact) mass is 1300 g/mol. The maximum Gasteiger partial charge on any atom is 0.322 e. The largest absolute Gasteiger partial charge is 0.480 e. The van der Waals surface area contributed by atoms with Crippen molar-refractivity contribution in [2.45, 2.75) is 172 Å². The molecule has 36 nitrogen and oxygen atoms in total. The number of carbonyl (C=O) groups is 14. The third-order valence-corrected chi connectivity index (χ3v) is 14.1. The number of aliphatic imine (C=N–C) groups is 1. The second kappa shape index (κ2) is 41.3. The molecule has 24 N–H and O–H groups in total. The molecule has 0 aliphatic carbocycles. The molecule has 1 fully saturated rings. The highest BCUT2D eigenvalue weighted by atomic mass is 32.2. The summed E-state index contributed by atoms with van der Waals surface area (Å²) in [5.41, 5.74) is 22.1. The quantitative estimate of drug-likeness (QED) is 0.0153. The fraction of sp³-hybridized carbons (Fsp3) is 0.717. The normalized spacial score (nSPS) is 16.5. The fourth-order valence-electron chi connectivity index (χ4n) is 8.69. The molecule has 0 aromatic rings. The Morgan fingerprint density at radius 2 is 1.06 bits per heavy atom. The first-order valence-electron chi connectivity index (χ1n) is 29.1. The average molecular weight is 1300 g/mol. The third-order valence-electron chi connectivity index (χ3n) is 13.5. The Bertz CT molecular complexity index is 2510. The van der Waals surface area contributed by atoms with Gasteiger partial charge in [0, 0.05) is 19.5 Å². The molecule has 90 heavy (non-hydrogen) atoms. The van der Waals surface area contributed by atoms with Crippen LogP contribution >= 0.6 is 11.8 Å². The molecule has 1 heterocycles. The van der Waals surface area contributed by atoms with Gasteiger partial charge < -0.3 is 112 Å². The molecular formula is C53H93N17O19S. The number of amides is 13. The first kappa shape index (κ1) is 80.0. The maximum atomic E-state index is 14.2. The molecule has 12 atom stereocenters. The lowest BCUT2D eigenvalue weighted by Crippen LogP contribution is -2.61. The number of nitrogens with two attached hydrogens (primary N) is 4. The van der Waals surface area contributed by atoms with E-state index in [9.17, 15) is 87.5 Å². The SMILES string of the molecule is CSCC[C@H](N)C(=O)N[C@@H](C)C(=O)N[C@H](C(=O)N[C@@H](CCC(N)=O)C(=O)N1CCC[C@H]1C(=O)N[C@@H](CC(C)C)C(=O)N[C@@H](CO)C(=O)NCC(=O)N[C@@H](CO)C(=O)N[C@@H](CCCN=C(N)N)C(=O)N[C@@H](CC(C)C)C(=O)N[C@@H](CO)C(=O)NCC(=O)O)[C@@H](C)O. The highest BCUT2D eigenvalue weighted by Crippen LogP contribution is 2.21. The van der Waals surface area contributed by atoms with E-state index in [-0.39, 0.29) is 75.8 Å². The van der Waals surface area contributed by atoms with Gasteiger partial charge >= 0.3 is 5.97 Å². The number of aliphatic hydroxyl groups is 4. The van der Waals surface area contributed by atoms with Crippen LogP contribution < -0.4 is 81.4 Å². The molecule has 37 heteroatoms. The van der Waals surface area contributed by atoms with Gasteiger partial charge in [0.1, 0.15) is 67.0 Å². The Kier molecular flexibility index (Phi) is 36.7. The minimum absolute atomic E-state index is 0.0432. The number of primary amides is 1. The van der Waals surface area contributed by atoms with Gasteiger partial charge in [0.15, 0.2) is 5.96 Å². The molecule has 0 aromatic heterocycles. The van der Waals surface area contributed by atoms with E-state index < -0.39 is 195 Å². The Hall–Kier alpha value is -8.00. The minimum Gasteiger partial charge on any atom is -0.480 e. The number of carboxylic acid groups (broad SMARTS) is 1. The van der Waals surface area contributed by atoms with E-state index in [4.69, 9.17) is 28.0 Å². The molecule has 0 bridgehead atoms. The van der Waals surface area contributed by atoms with Crippen molar-refractivity contribution in [2.75, 3.05) is 58.0 Å². The van der Waals surface area contributed by atoms with Crippen molar-refractivity contribution in [3.05, 3.63) is 0 Å². The number of nitrogens with zero attached hydrogens (tertiary/aromatic N) is 2. The van der Waals surface area contributed by atoms with Crippen LogP contribution in [0.3, 0.4) is 0 Å². The van der Waals surface area contributed by atoms with Crippen LogP contribution in [0.15, 0.2) is 4.99 Å². The number of thioether (sulfide) groups is 1. The van der Waals surface area contributed by atoms with Gasteiger partial charge in [0.2, 0.25) is 76.8 Å². The van der Waals surface area contributed by atoms with Gasteiger partial charge in [-0.25, -0.2) is 0 Å². The van der Waals surface area contributed by atoms with E-state index in [1.165, 1.54) is 25.6 Å². The van der Waals surface area contributed by atoms with Crippen LogP contribution in [0.25, 0.3) is 0 Å². The smallest absolute Gasteiger partial charge is 0.322 e. The number of carboxylic acids is 1. The van der Waals surface area contributed by atoms with Crippen molar-refractivity contribution in [3.63, 3.8) is 0 Å².